The third-order valence-corrected chi connectivity index (χ3v) is 5.69. The normalized spacial score (nSPS) is 10.8. The topological polar surface area (TPSA) is 52.5 Å². The lowest BCUT2D eigenvalue weighted by atomic mass is 10.2. The van der Waals surface area contributed by atoms with Gasteiger partial charge in [-0.25, -0.2) is 0 Å². The summed E-state index contributed by atoms with van der Waals surface area (Å²) in [5.74, 6) is 1.21. The molecule has 0 radical (unpaired) electrons. The lowest BCUT2D eigenvalue weighted by Crippen LogP contribution is -2.25. The number of ether oxygens (including phenoxy) is 2. The van der Waals surface area contributed by atoms with Gasteiger partial charge >= 0.3 is 0 Å². The molecule has 4 aromatic rings. The third kappa shape index (κ3) is 3.98. The van der Waals surface area contributed by atoms with E-state index in [0.717, 1.165) is 21.3 Å². The molecule has 0 fully saturated rings. The molecule has 2 aromatic heterocycles. The van der Waals surface area contributed by atoms with Gasteiger partial charge in [0, 0.05) is 13.1 Å². The van der Waals surface area contributed by atoms with Crippen LogP contribution in [0.2, 0.25) is 0 Å². The highest BCUT2D eigenvalue weighted by Gasteiger charge is 2.17. The van der Waals surface area contributed by atoms with Crippen molar-refractivity contribution in [3.63, 3.8) is 0 Å². The Hall–Kier alpha value is -3.25. The Morgan fingerprint density at radius 3 is 2.52 bits per heavy atom. The van der Waals surface area contributed by atoms with Gasteiger partial charge < -0.3 is 19.4 Å². The summed E-state index contributed by atoms with van der Waals surface area (Å²) in [6.45, 7) is 1.06. The zero-order valence-electron chi connectivity index (χ0n) is 16.3. The molecule has 1 N–H and O–H groups in total. The fourth-order valence-electron chi connectivity index (χ4n) is 3.37. The molecule has 0 aliphatic rings. The predicted molar refractivity (Wildman–Crippen MR) is 116 cm³/mol. The Morgan fingerprint density at radius 1 is 0.966 bits per heavy atom. The monoisotopic (exact) mass is 406 g/mol. The molecule has 6 heteroatoms. The largest absolute Gasteiger partial charge is 0.493 e. The summed E-state index contributed by atoms with van der Waals surface area (Å²) in [4.78, 5) is 13.0. The number of amides is 1. The number of hydrogen-bond acceptors (Lipinski definition) is 4. The Balaban J connectivity index is 1.56. The smallest absolute Gasteiger partial charge is 0.268 e. The third-order valence-electron chi connectivity index (χ3n) is 4.84. The SMILES string of the molecule is COc1ccc(CNC(=O)c2cc3sccc3n2Cc2ccccc2)cc1OC. The van der Waals surface area contributed by atoms with Crippen LogP contribution in [0.5, 0.6) is 11.5 Å². The molecule has 0 spiro atoms. The first-order valence-electron chi connectivity index (χ1n) is 9.29. The van der Waals surface area contributed by atoms with Crippen LogP contribution in [-0.4, -0.2) is 24.7 Å². The highest BCUT2D eigenvalue weighted by Crippen LogP contribution is 2.28. The number of methoxy groups -OCH3 is 2. The van der Waals surface area contributed by atoms with Gasteiger partial charge in [-0.15, -0.1) is 11.3 Å². The Kier molecular flexibility index (Phi) is 5.53. The van der Waals surface area contributed by atoms with Crippen LogP contribution in [0.3, 0.4) is 0 Å². The molecule has 0 saturated heterocycles. The molecule has 29 heavy (non-hydrogen) atoms. The maximum atomic E-state index is 13.0. The number of thiophene rings is 1. The van der Waals surface area contributed by atoms with Crippen LogP contribution in [0.4, 0.5) is 0 Å². The van der Waals surface area contributed by atoms with Gasteiger partial charge in [-0.2, -0.15) is 0 Å². The number of aromatic nitrogens is 1. The van der Waals surface area contributed by atoms with Crippen molar-refractivity contribution in [2.75, 3.05) is 14.2 Å². The first kappa shape index (κ1) is 19.1. The number of rotatable bonds is 7. The minimum Gasteiger partial charge on any atom is -0.493 e. The standard InChI is InChI=1S/C23H22N2O3S/c1-27-20-9-8-17(12-21(20)28-2)14-24-23(26)19-13-22-18(10-11-29-22)25(19)15-16-6-4-3-5-7-16/h3-13H,14-15H2,1-2H3,(H,24,26). The van der Waals surface area contributed by atoms with Crippen LogP contribution in [-0.2, 0) is 13.1 Å². The van der Waals surface area contributed by atoms with E-state index in [0.29, 0.717) is 30.3 Å². The van der Waals surface area contributed by atoms with Crippen molar-refractivity contribution in [3.05, 3.63) is 82.9 Å². The Labute approximate surface area is 173 Å². The van der Waals surface area contributed by atoms with Gasteiger partial charge in [-0.3, -0.25) is 4.79 Å². The molecule has 4 rings (SSSR count). The zero-order chi connectivity index (χ0) is 20.2. The lowest BCUT2D eigenvalue weighted by molar-refractivity contribution is 0.0942. The second kappa shape index (κ2) is 8.41. The molecule has 0 aliphatic carbocycles. The molecule has 2 aromatic carbocycles. The van der Waals surface area contributed by atoms with Gasteiger partial charge in [0.05, 0.1) is 24.4 Å². The number of fused-ring (bicyclic) bond motifs is 1. The second-order valence-corrected chi connectivity index (χ2v) is 7.59. The van der Waals surface area contributed by atoms with E-state index in [1.54, 1.807) is 25.6 Å². The fourth-order valence-corrected chi connectivity index (χ4v) is 4.19. The highest BCUT2D eigenvalue weighted by molar-refractivity contribution is 7.17. The molecule has 0 aliphatic heterocycles. The van der Waals surface area contributed by atoms with E-state index >= 15 is 0 Å². The first-order chi connectivity index (χ1) is 14.2. The van der Waals surface area contributed by atoms with E-state index in [4.69, 9.17) is 9.47 Å². The highest BCUT2D eigenvalue weighted by atomic mass is 32.1. The second-order valence-electron chi connectivity index (χ2n) is 6.64. The minimum absolute atomic E-state index is 0.0980. The van der Waals surface area contributed by atoms with Crippen molar-refractivity contribution in [1.29, 1.82) is 0 Å². The van der Waals surface area contributed by atoms with Crippen LogP contribution < -0.4 is 14.8 Å². The summed E-state index contributed by atoms with van der Waals surface area (Å²) in [7, 11) is 3.20. The maximum absolute atomic E-state index is 13.0. The van der Waals surface area contributed by atoms with Gasteiger partial charge in [0.25, 0.3) is 5.91 Å². The van der Waals surface area contributed by atoms with Crippen molar-refractivity contribution in [2.45, 2.75) is 13.1 Å². The van der Waals surface area contributed by atoms with Crippen LogP contribution in [0.15, 0.2) is 66.0 Å². The number of nitrogens with one attached hydrogen (secondary N) is 1. The van der Waals surface area contributed by atoms with E-state index < -0.39 is 0 Å². The molecular formula is C23H22N2O3S. The number of nitrogens with zero attached hydrogens (tertiary/aromatic N) is 1. The van der Waals surface area contributed by atoms with Crippen LogP contribution in [0, 0.1) is 0 Å². The van der Waals surface area contributed by atoms with Crippen molar-refractivity contribution >= 4 is 27.5 Å². The molecule has 0 atom stereocenters. The first-order valence-corrected chi connectivity index (χ1v) is 10.2. The molecule has 0 unspecified atom stereocenters. The van der Waals surface area contributed by atoms with E-state index in [1.807, 2.05) is 42.5 Å². The summed E-state index contributed by atoms with van der Waals surface area (Å²) in [6.07, 6.45) is 0. The summed E-state index contributed by atoms with van der Waals surface area (Å²) in [6, 6.07) is 19.8. The molecule has 148 valence electrons. The number of carbonyl (C=O) groups is 1. The maximum Gasteiger partial charge on any atom is 0.268 e. The average molecular weight is 407 g/mol. The molecule has 5 nitrogen and oxygen atoms in total. The van der Waals surface area contributed by atoms with E-state index in [9.17, 15) is 4.79 Å². The summed E-state index contributed by atoms with van der Waals surface area (Å²) in [5.41, 5.74) is 3.84. The van der Waals surface area contributed by atoms with Gasteiger partial charge in [-0.05, 0) is 40.8 Å². The van der Waals surface area contributed by atoms with Gasteiger partial charge in [0.2, 0.25) is 0 Å². The number of hydrogen-bond donors (Lipinski definition) is 1. The minimum atomic E-state index is -0.0980. The van der Waals surface area contributed by atoms with Crippen molar-refractivity contribution < 1.29 is 14.3 Å². The number of benzene rings is 2. The molecule has 0 saturated carbocycles. The van der Waals surface area contributed by atoms with E-state index in [2.05, 4.69) is 33.5 Å². The molecule has 2 heterocycles. The fraction of sp³-hybridized carbons (Fsp3) is 0.174. The van der Waals surface area contributed by atoms with Crippen LogP contribution in [0.25, 0.3) is 10.2 Å². The van der Waals surface area contributed by atoms with E-state index in [-0.39, 0.29) is 5.91 Å². The Morgan fingerprint density at radius 2 is 1.76 bits per heavy atom. The van der Waals surface area contributed by atoms with Crippen molar-refractivity contribution in [3.8, 4) is 11.5 Å². The van der Waals surface area contributed by atoms with E-state index in [1.165, 1.54) is 0 Å². The lowest BCUT2D eigenvalue weighted by Gasteiger charge is -2.12. The zero-order valence-corrected chi connectivity index (χ0v) is 17.2. The molecular weight excluding hydrogens is 384 g/mol. The van der Waals surface area contributed by atoms with Crippen molar-refractivity contribution in [2.24, 2.45) is 0 Å². The van der Waals surface area contributed by atoms with Crippen LogP contribution in [0.1, 0.15) is 21.6 Å². The molecule has 1 amide bonds. The summed E-state index contributed by atoms with van der Waals surface area (Å²) in [5, 5.41) is 5.08. The predicted octanol–water partition coefficient (Wildman–Crippen LogP) is 4.70. The van der Waals surface area contributed by atoms with Gasteiger partial charge in [-0.1, -0.05) is 36.4 Å². The average Bonchev–Trinajstić information content (AvgIpc) is 3.35. The quantitative estimate of drug-likeness (QED) is 0.484. The van der Waals surface area contributed by atoms with Gasteiger partial charge in [0.15, 0.2) is 11.5 Å². The molecule has 0 bridgehead atoms. The summed E-state index contributed by atoms with van der Waals surface area (Å²) >= 11 is 1.64. The van der Waals surface area contributed by atoms with Crippen molar-refractivity contribution in [1.82, 2.24) is 9.88 Å². The van der Waals surface area contributed by atoms with Gasteiger partial charge in [0.1, 0.15) is 5.69 Å². The Bertz CT molecular complexity index is 1130. The van der Waals surface area contributed by atoms with Crippen LogP contribution >= 0.6 is 11.3 Å². The summed E-state index contributed by atoms with van der Waals surface area (Å²) < 4.78 is 13.8. The number of carbonyl (C=O) groups excluding carboxylic acids is 1.